The van der Waals surface area contributed by atoms with E-state index in [0.717, 1.165) is 30.2 Å². The molecule has 1 unspecified atom stereocenters. The molecule has 6 heteroatoms. The SMILES string of the molecule is CCOC(=O)C1CCc2sc(NCCOC)nc21. The third-order valence-electron chi connectivity index (χ3n) is 2.87. The van der Waals surface area contributed by atoms with Gasteiger partial charge in [-0.1, -0.05) is 0 Å². The van der Waals surface area contributed by atoms with Crippen molar-refractivity contribution in [3.63, 3.8) is 0 Å². The molecule has 0 bridgehead atoms. The third kappa shape index (κ3) is 2.81. The Bertz CT molecular complexity index is 419. The summed E-state index contributed by atoms with van der Waals surface area (Å²) in [6.07, 6.45) is 1.74. The zero-order valence-corrected chi connectivity index (χ0v) is 11.5. The fraction of sp³-hybridized carbons (Fsp3) is 0.667. The predicted octanol–water partition coefficient (Wildman–Crippen LogP) is 1.79. The minimum atomic E-state index is -0.172. The van der Waals surface area contributed by atoms with Crippen LogP contribution in [0, 0.1) is 0 Å². The summed E-state index contributed by atoms with van der Waals surface area (Å²) in [5, 5.41) is 4.06. The molecule has 1 aliphatic carbocycles. The first-order chi connectivity index (χ1) is 8.76. The second-order valence-corrected chi connectivity index (χ2v) is 5.17. The van der Waals surface area contributed by atoms with Crippen LogP contribution in [0.2, 0.25) is 0 Å². The number of rotatable bonds is 6. The third-order valence-corrected chi connectivity index (χ3v) is 3.96. The summed E-state index contributed by atoms with van der Waals surface area (Å²) in [6.45, 7) is 3.62. The number of aryl methyl sites for hydroxylation is 1. The molecule has 2 rings (SSSR count). The van der Waals surface area contributed by atoms with Gasteiger partial charge in [0.2, 0.25) is 0 Å². The Hall–Kier alpha value is -1.14. The molecule has 0 amide bonds. The second-order valence-electron chi connectivity index (χ2n) is 4.09. The van der Waals surface area contributed by atoms with Gasteiger partial charge in [0.05, 0.1) is 18.9 Å². The number of ether oxygens (including phenoxy) is 2. The Kier molecular flexibility index (Phi) is 4.54. The highest BCUT2D eigenvalue weighted by Crippen LogP contribution is 2.38. The van der Waals surface area contributed by atoms with Gasteiger partial charge in [0.1, 0.15) is 5.92 Å². The number of nitrogens with one attached hydrogen (secondary N) is 1. The van der Waals surface area contributed by atoms with E-state index in [-0.39, 0.29) is 11.9 Å². The molecule has 0 saturated carbocycles. The van der Waals surface area contributed by atoms with Crippen molar-refractivity contribution in [3.05, 3.63) is 10.6 Å². The minimum Gasteiger partial charge on any atom is -0.465 e. The molecule has 100 valence electrons. The number of esters is 1. The molecule has 1 aliphatic rings. The van der Waals surface area contributed by atoms with E-state index in [4.69, 9.17) is 9.47 Å². The van der Waals surface area contributed by atoms with Crippen molar-refractivity contribution in [1.82, 2.24) is 4.98 Å². The van der Waals surface area contributed by atoms with Crippen molar-refractivity contribution in [3.8, 4) is 0 Å². The summed E-state index contributed by atoms with van der Waals surface area (Å²) in [5.41, 5.74) is 0.901. The fourth-order valence-electron chi connectivity index (χ4n) is 2.04. The van der Waals surface area contributed by atoms with E-state index in [1.54, 1.807) is 18.4 Å². The van der Waals surface area contributed by atoms with E-state index >= 15 is 0 Å². The maximum atomic E-state index is 11.8. The average Bonchev–Trinajstić information content (AvgIpc) is 2.89. The van der Waals surface area contributed by atoms with Gasteiger partial charge in [-0.15, -0.1) is 11.3 Å². The van der Waals surface area contributed by atoms with Crippen LogP contribution in [0.1, 0.15) is 29.8 Å². The van der Waals surface area contributed by atoms with Crippen LogP contribution in [0.4, 0.5) is 5.13 Å². The van der Waals surface area contributed by atoms with E-state index < -0.39 is 0 Å². The summed E-state index contributed by atoms with van der Waals surface area (Å²) in [4.78, 5) is 17.5. The molecule has 0 spiro atoms. The molecule has 1 heterocycles. The van der Waals surface area contributed by atoms with Crippen LogP contribution in [-0.4, -0.2) is 37.8 Å². The van der Waals surface area contributed by atoms with Crippen LogP contribution in [0.15, 0.2) is 0 Å². The second kappa shape index (κ2) is 6.15. The number of anilines is 1. The van der Waals surface area contributed by atoms with E-state index in [0.29, 0.717) is 13.2 Å². The lowest BCUT2D eigenvalue weighted by Gasteiger charge is -2.08. The van der Waals surface area contributed by atoms with Crippen LogP contribution in [0.3, 0.4) is 0 Å². The van der Waals surface area contributed by atoms with Gasteiger partial charge in [-0.25, -0.2) is 4.98 Å². The van der Waals surface area contributed by atoms with Crippen molar-refractivity contribution in [2.45, 2.75) is 25.7 Å². The molecule has 1 N–H and O–H groups in total. The molecule has 1 aromatic rings. The van der Waals surface area contributed by atoms with Gasteiger partial charge in [-0.3, -0.25) is 4.79 Å². The first-order valence-electron chi connectivity index (χ1n) is 6.15. The molecule has 18 heavy (non-hydrogen) atoms. The summed E-state index contributed by atoms with van der Waals surface area (Å²) < 4.78 is 10.0. The van der Waals surface area contributed by atoms with Crippen LogP contribution in [-0.2, 0) is 20.7 Å². The molecule has 0 saturated heterocycles. The van der Waals surface area contributed by atoms with Gasteiger partial charge >= 0.3 is 5.97 Å². The van der Waals surface area contributed by atoms with Crippen molar-refractivity contribution < 1.29 is 14.3 Å². The molecule has 5 nitrogen and oxygen atoms in total. The van der Waals surface area contributed by atoms with Crippen molar-refractivity contribution in [2.75, 3.05) is 32.2 Å². The quantitative estimate of drug-likeness (QED) is 0.631. The molecular weight excluding hydrogens is 252 g/mol. The summed E-state index contributed by atoms with van der Waals surface area (Å²) >= 11 is 1.63. The zero-order chi connectivity index (χ0) is 13.0. The Labute approximate surface area is 111 Å². The Morgan fingerprint density at radius 2 is 2.44 bits per heavy atom. The fourth-order valence-corrected chi connectivity index (χ4v) is 3.10. The monoisotopic (exact) mass is 270 g/mol. The summed E-state index contributed by atoms with van der Waals surface area (Å²) in [7, 11) is 1.67. The topological polar surface area (TPSA) is 60.5 Å². The molecule has 1 aromatic heterocycles. The molecular formula is C12H18N2O3S. The van der Waals surface area contributed by atoms with Gasteiger partial charge in [0, 0.05) is 18.5 Å². The highest BCUT2D eigenvalue weighted by molar-refractivity contribution is 7.15. The molecule has 0 radical (unpaired) electrons. The maximum absolute atomic E-state index is 11.8. The molecule has 0 aliphatic heterocycles. The maximum Gasteiger partial charge on any atom is 0.315 e. The van der Waals surface area contributed by atoms with E-state index in [2.05, 4.69) is 10.3 Å². The lowest BCUT2D eigenvalue weighted by atomic mass is 10.1. The lowest BCUT2D eigenvalue weighted by Crippen LogP contribution is -2.14. The van der Waals surface area contributed by atoms with Crippen LogP contribution in [0.5, 0.6) is 0 Å². The number of aromatic nitrogens is 1. The highest BCUT2D eigenvalue weighted by atomic mass is 32.1. The summed E-state index contributed by atoms with van der Waals surface area (Å²) in [6, 6.07) is 0. The number of methoxy groups -OCH3 is 1. The van der Waals surface area contributed by atoms with Gasteiger partial charge in [-0.2, -0.15) is 0 Å². The number of carbonyl (C=O) groups excluding carboxylic acids is 1. The van der Waals surface area contributed by atoms with Gasteiger partial charge in [-0.05, 0) is 19.8 Å². The molecule has 0 aromatic carbocycles. The number of fused-ring (bicyclic) bond motifs is 1. The average molecular weight is 270 g/mol. The Morgan fingerprint density at radius 1 is 1.61 bits per heavy atom. The number of hydrogen-bond acceptors (Lipinski definition) is 6. The van der Waals surface area contributed by atoms with E-state index in [1.807, 2.05) is 6.92 Å². The van der Waals surface area contributed by atoms with E-state index in [9.17, 15) is 4.79 Å². The van der Waals surface area contributed by atoms with Crippen molar-refractivity contribution >= 4 is 22.4 Å². The minimum absolute atomic E-state index is 0.148. The largest absolute Gasteiger partial charge is 0.465 e. The lowest BCUT2D eigenvalue weighted by molar-refractivity contribution is -0.145. The standard InChI is InChI=1S/C12H18N2O3S/c1-3-17-11(15)8-4-5-9-10(8)14-12(18-9)13-6-7-16-2/h8H,3-7H2,1-2H3,(H,13,14). The first-order valence-corrected chi connectivity index (χ1v) is 6.97. The van der Waals surface area contributed by atoms with E-state index in [1.165, 1.54) is 4.88 Å². The Morgan fingerprint density at radius 3 is 3.17 bits per heavy atom. The van der Waals surface area contributed by atoms with Gasteiger partial charge in [0.25, 0.3) is 0 Å². The molecule has 1 atom stereocenters. The zero-order valence-electron chi connectivity index (χ0n) is 10.7. The van der Waals surface area contributed by atoms with Crippen LogP contribution >= 0.6 is 11.3 Å². The Balaban J connectivity index is 2.01. The number of nitrogens with zero attached hydrogens (tertiary/aromatic N) is 1. The van der Waals surface area contributed by atoms with Gasteiger partial charge in [0.15, 0.2) is 5.13 Å². The smallest absolute Gasteiger partial charge is 0.315 e. The van der Waals surface area contributed by atoms with Crippen LogP contribution in [0.25, 0.3) is 0 Å². The molecule has 0 fully saturated rings. The predicted molar refractivity (Wildman–Crippen MR) is 70.2 cm³/mol. The number of hydrogen-bond donors (Lipinski definition) is 1. The first kappa shape index (κ1) is 13.3. The van der Waals surface area contributed by atoms with Crippen molar-refractivity contribution in [2.24, 2.45) is 0 Å². The van der Waals surface area contributed by atoms with Gasteiger partial charge < -0.3 is 14.8 Å². The number of thiazole rings is 1. The summed E-state index contributed by atoms with van der Waals surface area (Å²) in [5.74, 6) is -0.320. The van der Waals surface area contributed by atoms with Crippen LogP contribution < -0.4 is 5.32 Å². The van der Waals surface area contributed by atoms with Crippen molar-refractivity contribution in [1.29, 1.82) is 0 Å². The normalized spacial score (nSPS) is 17.6. The number of carbonyl (C=O) groups is 1. The highest BCUT2D eigenvalue weighted by Gasteiger charge is 2.33.